The zero-order chi connectivity index (χ0) is 13.3. The van der Waals surface area contributed by atoms with Crippen molar-refractivity contribution in [2.45, 2.75) is 18.9 Å². The summed E-state index contributed by atoms with van der Waals surface area (Å²) in [5.74, 6) is 1.20. The Kier molecular flexibility index (Phi) is 3.99. The van der Waals surface area contributed by atoms with Gasteiger partial charge in [-0.1, -0.05) is 13.0 Å². The maximum absolute atomic E-state index is 11.0. The van der Waals surface area contributed by atoms with Gasteiger partial charge in [0.2, 0.25) is 0 Å². The van der Waals surface area contributed by atoms with E-state index >= 15 is 0 Å². The molecule has 0 radical (unpaired) electrons. The molecular weight excluding hydrogens is 318 g/mol. The maximum atomic E-state index is 11.0. The standard InChI is InChI=1S/C12H16BrNO3S/c1-8(5-14)9-2-3-12(11(13)4-9)17-10-6-18(15,16)7-10/h2-4,8,10H,5-7,14H2,1H3. The van der Waals surface area contributed by atoms with Gasteiger partial charge in [-0.3, -0.25) is 0 Å². The lowest BCUT2D eigenvalue weighted by Gasteiger charge is -2.27. The molecule has 0 bridgehead atoms. The van der Waals surface area contributed by atoms with E-state index in [4.69, 9.17) is 10.5 Å². The molecule has 1 aromatic carbocycles. The van der Waals surface area contributed by atoms with Gasteiger partial charge in [0, 0.05) is 0 Å². The predicted octanol–water partition coefficient (Wildman–Crippen LogP) is 1.69. The highest BCUT2D eigenvalue weighted by Crippen LogP contribution is 2.31. The summed E-state index contributed by atoms with van der Waals surface area (Å²) in [6.07, 6.45) is -0.218. The van der Waals surface area contributed by atoms with E-state index in [1.165, 1.54) is 0 Å². The van der Waals surface area contributed by atoms with Crippen molar-refractivity contribution in [2.75, 3.05) is 18.1 Å². The molecule has 0 aliphatic carbocycles. The molecule has 0 saturated carbocycles. The maximum Gasteiger partial charge on any atom is 0.157 e. The Morgan fingerprint density at radius 2 is 2.17 bits per heavy atom. The van der Waals surface area contributed by atoms with Gasteiger partial charge < -0.3 is 10.5 Å². The fourth-order valence-corrected chi connectivity index (χ4v) is 3.48. The third kappa shape index (κ3) is 3.05. The van der Waals surface area contributed by atoms with Crippen LogP contribution in [0, 0.1) is 0 Å². The Bertz CT molecular complexity index is 532. The number of ether oxygens (including phenoxy) is 1. The molecule has 1 aliphatic heterocycles. The SMILES string of the molecule is CC(CN)c1ccc(OC2CS(=O)(=O)C2)c(Br)c1. The van der Waals surface area contributed by atoms with Crippen LogP contribution in [0.4, 0.5) is 0 Å². The van der Waals surface area contributed by atoms with Crippen LogP contribution in [-0.2, 0) is 9.84 Å². The van der Waals surface area contributed by atoms with E-state index in [-0.39, 0.29) is 17.6 Å². The summed E-state index contributed by atoms with van der Waals surface area (Å²) in [4.78, 5) is 0. The van der Waals surface area contributed by atoms with E-state index in [0.29, 0.717) is 18.2 Å². The zero-order valence-electron chi connectivity index (χ0n) is 10.1. The highest BCUT2D eigenvalue weighted by atomic mass is 79.9. The molecule has 1 aliphatic rings. The largest absolute Gasteiger partial charge is 0.487 e. The van der Waals surface area contributed by atoms with E-state index in [9.17, 15) is 8.42 Å². The fourth-order valence-electron chi connectivity index (χ4n) is 1.82. The molecule has 1 atom stereocenters. The number of halogens is 1. The third-order valence-electron chi connectivity index (χ3n) is 3.05. The molecule has 1 unspecified atom stereocenters. The molecule has 1 aromatic rings. The molecular formula is C12H16BrNO3S. The highest BCUT2D eigenvalue weighted by Gasteiger charge is 2.35. The van der Waals surface area contributed by atoms with E-state index < -0.39 is 9.84 Å². The second-order valence-electron chi connectivity index (χ2n) is 4.64. The van der Waals surface area contributed by atoms with Crippen molar-refractivity contribution >= 4 is 25.8 Å². The Morgan fingerprint density at radius 1 is 1.50 bits per heavy atom. The highest BCUT2D eigenvalue weighted by molar-refractivity contribution is 9.10. The van der Waals surface area contributed by atoms with Crippen LogP contribution in [0.25, 0.3) is 0 Å². The first kappa shape index (κ1) is 13.8. The normalized spacial score (nSPS) is 20.2. The van der Waals surface area contributed by atoms with Gasteiger partial charge in [0.25, 0.3) is 0 Å². The summed E-state index contributed by atoms with van der Waals surface area (Å²) in [6.45, 7) is 2.65. The molecule has 1 saturated heterocycles. The monoisotopic (exact) mass is 333 g/mol. The van der Waals surface area contributed by atoms with Crippen LogP contribution in [0.1, 0.15) is 18.4 Å². The van der Waals surface area contributed by atoms with Crippen molar-refractivity contribution in [3.8, 4) is 5.75 Å². The second kappa shape index (κ2) is 5.19. The van der Waals surface area contributed by atoms with Crippen molar-refractivity contribution in [3.63, 3.8) is 0 Å². The Morgan fingerprint density at radius 3 is 2.67 bits per heavy atom. The summed E-state index contributed by atoms with van der Waals surface area (Å²) >= 11 is 3.44. The molecule has 2 rings (SSSR count). The predicted molar refractivity (Wildman–Crippen MR) is 74.7 cm³/mol. The zero-order valence-corrected chi connectivity index (χ0v) is 12.5. The molecule has 100 valence electrons. The van der Waals surface area contributed by atoms with Crippen LogP contribution in [0.3, 0.4) is 0 Å². The van der Waals surface area contributed by atoms with Crippen LogP contribution in [0.2, 0.25) is 0 Å². The lowest BCUT2D eigenvalue weighted by Crippen LogP contribution is -2.45. The number of hydrogen-bond donors (Lipinski definition) is 1. The molecule has 6 heteroatoms. The van der Waals surface area contributed by atoms with Crippen LogP contribution in [-0.4, -0.2) is 32.6 Å². The van der Waals surface area contributed by atoms with Crippen molar-refractivity contribution < 1.29 is 13.2 Å². The summed E-state index contributed by atoms with van der Waals surface area (Å²) in [5.41, 5.74) is 6.76. The number of rotatable bonds is 4. The lowest BCUT2D eigenvalue weighted by atomic mass is 10.0. The summed E-state index contributed by atoms with van der Waals surface area (Å²) in [5, 5.41) is 0. The third-order valence-corrected chi connectivity index (χ3v) is 5.43. The number of sulfone groups is 1. The molecule has 0 aromatic heterocycles. The average molecular weight is 334 g/mol. The van der Waals surface area contributed by atoms with Crippen molar-refractivity contribution in [3.05, 3.63) is 28.2 Å². The number of hydrogen-bond acceptors (Lipinski definition) is 4. The van der Waals surface area contributed by atoms with Gasteiger partial charge in [0.1, 0.15) is 11.9 Å². The molecule has 2 N–H and O–H groups in total. The number of nitrogens with two attached hydrogens (primary N) is 1. The minimum Gasteiger partial charge on any atom is -0.487 e. The van der Waals surface area contributed by atoms with Gasteiger partial charge in [-0.15, -0.1) is 0 Å². The molecule has 1 heterocycles. The van der Waals surface area contributed by atoms with Crippen molar-refractivity contribution in [1.29, 1.82) is 0 Å². The van der Waals surface area contributed by atoms with E-state index in [0.717, 1.165) is 10.0 Å². The van der Waals surface area contributed by atoms with Gasteiger partial charge in [-0.25, -0.2) is 8.42 Å². The minimum absolute atomic E-state index is 0.112. The van der Waals surface area contributed by atoms with Crippen molar-refractivity contribution in [1.82, 2.24) is 0 Å². The van der Waals surface area contributed by atoms with Crippen LogP contribution < -0.4 is 10.5 Å². The van der Waals surface area contributed by atoms with E-state index in [1.807, 2.05) is 18.2 Å². The Hall–Kier alpha value is -0.590. The summed E-state index contributed by atoms with van der Waals surface area (Å²) < 4.78 is 28.6. The van der Waals surface area contributed by atoms with Gasteiger partial charge in [-0.05, 0) is 46.1 Å². The van der Waals surface area contributed by atoms with Gasteiger partial charge in [-0.2, -0.15) is 0 Å². The smallest absolute Gasteiger partial charge is 0.157 e. The van der Waals surface area contributed by atoms with Crippen LogP contribution >= 0.6 is 15.9 Å². The Balaban J connectivity index is 2.06. The van der Waals surface area contributed by atoms with Gasteiger partial charge in [0.05, 0.1) is 16.0 Å². The molecule has 18 heavy (non-hydrogen) atoms. The quantitative estimate of drug-likeness (QED) is 0.910. The van der Waals surface area contributed by atoms with Gasteiger partial charge in [0.15, 0.2) is 9.84 Å². The van der Waals surface area contributed by atoms with Crippen LogP contribution in [0.5, 0.6) is 5.75 Å². The van der Waals surface area contributed by atoms with E-state index in [2.05, 4.69) is 22.9 Å². The first-order chi connectivity index (χ1) is 8.41. The minimum atomic E-state index is -2.85. The van der Waals surface area contributed by atoms with Crippen molar-refractivity contribution in [2.24, 2.45) is 5.73 Å². The lowest BCUT2D eigenvalue weighted by molar-refractivity contribution is 0.229. The molecule has 4 nitrogen and oxygen atoms in total. The molecule has 1 fully saturated rings. The topological polar surface area (TPSA) is 69.4 Å². The molecule has 0 spiro atoms. The first-order valence-corrected chi connectivity index (χ1v) is 8.39. The van der Waals surface area contributed by atoms with Crippen LogP contribution in [0.15, 0.2) is 22.7 Å². The second-order valence-corrected chi connectivity index (χ2v) is 7.65. The van der Waals surface area contributed by atoms with E-state index in [1.54, 1.807) is 0 Å². The number of benzene rings is 1. The summed E-state index contributed by atoms with van der Waals surface area (Å²) in [6, 6.07) is 5.79. The van der Waals surface area contributed by atoms with Gasteiger partial charge >= 0.3 is 0 Å². The average Bonchev–Trinajstić information content (AvgIpc) is 2.28. The molecule has 0 amide bonds. The summed E-state index contributed by atoms with van der Waals surface area (Å²) in [7, 11) is -2.85. The fraction of sp³-hybridized carbons (Fsp3) is 0.500. The first-order valence-electron chi connectivity index (χ1n) is 5.78. The Labute approximate surface area is 116 Å².